The van der Waals surface area contributed by atoms with E-state index in [1.165, 1.54) is 63.1 Å². The van der Waals surface area contributed by atoms with Gasteiger partial charge in [0, 0.05) is 30.9 Å². The Hall–Kier alpha value is 0.270. The number of rotatable bonds is 6. The summed E-state index contributed by atoms with van der Waals surface area (Å²) < 4.78 is 0. The summed E-state index contributed by atoms with van der Waals surface area (Å²) in [6.07, 6.45) is 8.58. The molecule has 3 rings (SSSR count). The molecule has 3 aliphatic rings. The Kier molecular flexibility index (Phi) is 3.69. The van der Waals surface area contributed by atoms with Gasteiger partial charge in [-0.2, -0.15) is 11.8 Å². The third-order valence-corrected chi connectivity index (χ3v) is 6.02. The summed E-state index contributed by atoms with van der Waals surface area (Å²) in [5, 5.41) is 0. The van der Waals surface area contributed by atoms with E-state index in [2.05, 4.69) is 16.7 Å². The third-order valence-electron chi connectivity index (χ3n) is 4.70. The first-order valence-electron chi connectivity index (χ1n) is 7.35. The smallest absolute Gasteiger partial charge is 0.0422 e. The van der Waals surface area contributed by atoms with Crippen LogP contribution >= 0.6 is 11.8 Å². The van der Waals surface area contributed by atoms with Gasteiger partial charge in [-0.1, -0.05) is 0 Å². The number of thioether (sulfide) groups is 1. The fourth-order valence-electron chi connectivity index (χ4n) is 3.06. The molecule has 3 fully saturated rings. The SMILES string of the molecule is NCC1(N(CC2CC2)CC2CC2)CCCSC1. The molecule has 0 aromatic carbocycles. The summed E-state index contributed by atoms with van der Waals surface area (Å²) in [5.41, 5.74) is 6.53. The van der Waals surface area contributed by atoms with Crippen LogP contribution in [0.3, 0.4) is 0 Å². The van der Waals surface area contributed by atoms with Gasteiger partial charge in [0.25, 0.3) is 0 Å². The van der Waals surface area contributed by atoms with E-state index in [0.29, 0.717) is 5.54 Å². The molecule has 3 heteroatoms. The zero-order valence-electron chi connectivity index (χ0n) is 10.9. The maximum atomic E-state index is 6.18. The molecular formula is C14H26N2S. The monoisotopic (exact) mass is 254 g/mol. The van der Waals surface area contributed by atoms with E-state index in [1.807, 2.05) is 0 Å². The Balaban J connectivity index is 1.67. The molecule has 2 aliphatic carbocycles. The van der Waals surface area contributed by atoms with Crippen LogP contribution in [-0.2, 0) is 0 Å². The second-order valence-corrected chi connectivity index (χ2v) is 7.48. The molecule has 1 atom stereocenters. The van der Waals surface area contributed by atoms with Crippen molar-refractivity contribution in [2.45, 2.75) is 44.1 Å². The lowest BCUT2D eigenvalue weighted by atomic mass is 9.92. The first kappa shape index (κ1) is 12.3. The van der Waals surface area contributed by atoms with E-state index in [9.17, 15) is 0 Å². The standard InChI is InChI=1S/C14H26N2S/c15-10-14(6-1-7-17-11-14)16(8-12-2-3-12)9-13-4-5-13/h12-13H,1-11,15H2. The topological polar surface area (TPSA) is 29.3 Å². The van der Waals surface area contributed by atoms with Crippen LogP contribution in [0.2, 0.25) is 0 Å². The molecule has 0 aromatic rings. The predicted octanol–water partition coefficient (Wildman–Crippen LogP) is 2.33. The first-order chi connectivity index (χ1) is 8.32. The first-order valence-corrected chi connectivity index (χ1v) is 8.51. The lowest BCUT2D eigenvalue weighted by Gasteiger charge is -2.46. The molecule has 1 aliphatic heterocycles. The zero-order chi connectivity index (χ0) is 11.7. The van der Waals surface area contributed by atoms with E-state index in [4.69, 9.17) is 5.73 Å². The van der Waals surface area contributed by atoms with Gasteiger partial charge < -0.3 is 5.73 Å². The molecule has 1 unspecified atom stereocenters. The summed E-state index contributed by atoms with van der Waals surface area (Å²) in [6, 6.07) is 0. The fourth-order valence-corrected chi connectivity index (χ4v) is 4.38. The number of hydrogen-bond acceptors (Lipinski definition) is 3. The minimum absolute atomic E-state index is 0.355. The molecule has 0 radical (unpaired) electrons. The van der Waals surface area contributed by atoms with Gasteiger partial charge >= 0.3 is 0 Å². The molecule has 0 aromatic heterocycles. The second-order valence-electron chi connectivity index (χ2n) is 6.38. The average molecular weight is 254 g/mol. The zero-order valence-corrected chi connectivity index (χ0v) is 11.7. The van der Waals surface area contributed by atoms with Crippen molar-refractivity contribution in [3.8, 4) is 0 Å². The minimum atomic E-state index is 0.355. The van der Waals surface area contributed by atoms with Crippen molar-refractivity contribution in [1.82, 2.24) is 4.90 Å². The van der Waals surface area contributed by atoms with Crippen molar-refractivity contribution < 1.29 is 0 Å². The van der Waals surface area contributed by atoms with Crippen LogP contribution in [0.4, 0.5) is 0 Å². The van der Waals surface area contributed by atoms with E-state index < -0.39 is 0 Å². The molecule has 2 N–H and O–H groups in total. The van der Waals surface area contributed by atoms with Crippen LogP contribution in [-0.4, -0.2) is 41.6 Å². The van der Waals surface area contributed by atoms with Gasteiger partial charge in [-0.05, 0) is 56.1 Å². The van der Waals surface area contributed by atoms with E-state index in [1.54, 1.807) is 0 Å². The Labute approximate surface area is 110 Å². The molecule has 98 valence electrons. The summed E-state index contributed by atoms with van der Waals surface area (Å²) in [4.78, 5) is 2.81. The van der Waals surface area contributed by atoms with Gasteiger partial charge in [-0.3, -0.25) is 4.90 Å². The molecule has 17 heavy (non-hydrogen) atoms. The molecule has 2 nitrogen and oxygen atoms in total. The highest BCUT2D eigenvalue weighted by molar-refractivity contribution is 7.99. The summed E-state index contributed by atoms with van der Waals surface area (Å²) in [5.74, 6) is 4.64. The van der Waals surface area contributed by atoms with Crippen molar-refractivity contribution in [3.63, 3.8) is 0 Å². The van der Waals surface area contributed by atoms with Crippen molar-refractivity contribution >= 4 is 11.8 Å². The molecule has 1 saturated heterocycles. The maximum Gasteiger partial charge on any atom is 0.0422 e. The van der Waals surface area contributed by atoms with E-state index >= 15 is 0 Å². The molecule has 0 spiro atoms. The van der Waals surface area contributed by atoms with Crippen LogP contribution < -0.4 is 5.73 Å². The van der Waals surface area contributed by atoms with E-state index in [-0.39, 0.29) is 0 Å². The quantitative estimate of drug-likeness (QED) is 0.789. The predicted molar refractivity (Wildman–Crippen MR) is 75.4 cm³/mol. The van der Waals surface area contributed by atoms with Gasteiger partial charge in [-0.15, -0.1) is 0 Å². The van der Waals surface area contributed by atoms with Gasteiger partial charge in [0.2, 0.25) is 0 Å². The molecular weight excluding hydrogens is 228 g/mol. The summed E-state index contributed by atoms with van der Waals surface area (Å²) >= 11 is 2.13. The lowest BCUT2D eigenvalue weighted by Crippen LogP contribution is -2.58. The van der Waals surface area contributed by atoms with Gasteiger partial charge in [0.1, 0.15) is 0 Å². The molecule has 0 bridgehead atoms. The molecule has 0 amide bonds. The van der Waals surface area contributed by atoms with Crippen LogP contribution in [0.25, 0.3) is 0 Å². The van der Waals surface area contributed by atoms with E-state index in [0.717, 1.165) is 18.4 Å². The van der Waals surface area contributed by atoms with Crippen molar-refractivity contribution in [2.24, 2.45) is 17.6 Å². The number of nitrogens with zero attached hydrogens (tertiary/aromatic N) is 1. The highest BCUT2D eigenvalue weighted by Gasteiger charge is 2.41. The average Bonchev–Trinajstić information content (AvgIpc) is 3.24. The normalized spacial score (nSPS) is 34.2. The Morgan fingerprint density at radius 3 is 2.18 bits per heavy atom. The maximum absolute atomic E-state index is 6.18. The molecule has 2 saturated carbocycles. The van der Waals surface area contributed by atoms with Crippen LogP contribution in [0, 0.1) is 11.8 Å². The van der Waals surface area contributed by atoms with Crippen LogP contribution in [0.5, 0.6) is 0 Å². The Bertz CT molecular complexity index is 241. The van der Waals surface area contributed by atoms with Crippen molar-refractivity contribution in [1.29, 1.82) is 0 Å². The Morgan fingerprint density at radius 2 is 1.76 bits per heavy atom. The van der Waals surface area contributed by atoms with Gasteiger partial charge in [0.05, 0.1) is 0 Å². The van der Waals surface area contributed by atoms with Crippen molar-refractivity contribution in [2.75, 3.05) is 31.1 Å². The van der Waals surface area contributed by atoms with Crippen molar-refractivity contribution in [3.05, 3.63) is 0 Å². The fraction of sp³-hybridized carbons (Fsp3) is 1.00. The summed E-state index contributed by atoms with van der Waals surface area (Å²) in [7, 11) is 0. The summed E-state index contributed by atoms with van der Waals surface area (Å²) in [6.45, 7) is 3.56. The van der Waals surface area contributed by atoms with Gasteiger partial charge in [0.15, 0.2) is 0 Å². The highest BCUT2D eigenvalue weighted by atomic mass is 32.2. The van der Waals surface area contributed by atoms with Gasteiger partial charge in [-0.25, -0.2) is 0 Å². The molecule has 1 heterocycles. The lowest BCUT2D eigenvalue weighted by molar-refractivity contribution is 0.0909. The largest absolute Gasteiger partial charge is 0.329 e. The second kappa shape index (κ2) is 5.10. The number of hydrogen-bond donors (Lipinski definition) is 1. The van der Waals surface area contributed by atoms with Crippen LogP contribution in [0.1, 0.15) is 38.5 Å². The third kappa shape index (κ3) is 2.99. The highest BCUT2D eigenvalue weighted by Crippen LogP contribution is 2.40. The Morgan fingerprint density at radius 1 is 1.12 bits per heavy atom. The number of nitrogens with two attached hydrogens (primary N) is 1. The minimum Gasteiger partial charge on any atom is -0.329 e. The van der Waals surface area contributed by atoms with Crippen LogP contribution in [0.15, 0.2) is 0 Å².